The van der Waals surface area contributed by atoms with Crippen LogP contribution in [0.4, 0.5) is 0 Å². The molecule has 1 aliphatic heterocycles. The van der Waals surface area contributed by atoms with Crippen molar-refractivity contribution in [2.75, 3.05) is 13.7 Å². The Morgan fingerprint density at radius 1 is 1.57 bits per heavy atom. The predicted octanol–water partition coefficient (Wildman–Crippen LogP) is -0.974. The maximum absolute atomic E-state index is 11.9. The summed E-state index contributed by atoms with van der Waals surface area (Å²) in [7, 11) is 1.36. The van der Waals surface area contributed by atoms with Gasteiger partial charge in [-0.15, -0.1) is 5.10 Å². The molecule has 0 radical (unpaired) electrons. The van der Waals surface area contributed by atoms with E-state index in [1.807, 2.05) is 19.9 Å². The third-order valence-corrected chi connectivity index (χ3v) is 4.60. The lowest BCUT2D eigenvalue weighted by atomic mass is 10.2. The van der Waals surface area contributed by atoms with Crippen LogP contribution < -0.4 is 4.90 Å². The van der Waals surface area contributed by atoms with Crippen LogP contribution in [0.25, 0.3) is 5.78 Å². The van der Waals surface area contributed by atoms with Crippen LogP contribution in [0.5, 0.6) is 0 Å². The van der Waals surface area contributed by atoms with Crippen LogP contribution in [0.2, 0.25) is 0 Å². The average Bonchev–Trinajstić information content (AvgIpc) is 2.99. The van der Waals surface area contributed by atoms with E-state index < -0.39 is 12.1 Å². The summed E-state index contributed by atoms with van der Waals surface area (Å²) in [6.45, 7) is 4.70. The van der Waals surface area contributed by atoms with Crippen molar-refractivity contribution in [2.45, 2.75) is 39.1 Å². The molecular formula is C14H20N5O3S+. The van der Waals surface area contributed by atoms with Gasteiger partial charge in [0.25, 0.3) is 5.78 Å². The Morgan fingerprint density at radius 3 is 3.00 bits per heavy atom. The molecular weight excluding hydrogens is 318 g/mol. The Bertz CT molecular complexity index is 815. The normalized spacial score (nSPS) is 24.3. The number of aryl methyl sites for hydroxylation is 2. The molecule has 3 atom stereocenters. The minimum Gasteiger partial charge on any atom is -0.465 e. The summed E-state index contributed by atoms with van der Waals surface area (Å²) in [5.41, 5.74) is 1.84. The molecule has 23 heavy (non-hydrogen) atoms. The number of aliphatic hydroxyl groups excluding tert-OH is 1. The zero-order valence-corrected chi connectivity index (χ0v) is 14.1. The van der Waals surface area contributed by atoms with Crippen molar-refractivity contribution in [3.05, 3.63) is 22.2 Å². The maximum Gasteiger partial charge on any atom is 0.364 e. The van der Waals surface area contributed by atoms with Crippen LogP contribution >= 0.6 is 12.2 Å². The molecule has 0 spiro atoms. The van der Waals surface area contributed by atoms with E-state index in [1.165, 1.54) is 7.11 Å². The molecule has 2 aromatic rings. The first kappa shape index (κ1) is 16.0. The molecule has 2 N–H and O–H groups in total. The number of esters is 1. The topological polar surface area (TPSA) is 86.1 Å². The molecule has 8 nitrogen and oxygen atoms in total. The Balaban J connectivity index is 1.95. The van der Waals surface area contributed by atoms with Gasteiger partial charge < -0.3 is 14.7 Å². The average molecular weight is 338 g/mol. The van der Waals surface area contributed by atoms with E-state index >= 15 is 0 Å². The minimum atomic E-state index is -0.526. The van der Waals surface area contributed by atoms with Gasteiger partial charge >= 0.3 is 5.97 Å². The number of carbonyl (C=O) groups is 1. The third kappa shape index (κ3) is 2.87. The number of hydrogen-bond donors (Lipinski definition) is 2. The molecule has 1 saturated heterocycles. The molecule has 1 fully saturated rings. The number of nitrogens with one attached hydrogen (secondary N) is 1. The Morgan fingerprint density at radius 2 is 2.30 bits per heavy atom. The number of methoxy groups -OCH3 is 1. The van der Waals surface area contributed by atoms with E-state index in [9.17, 15) is 9.90 Å². The lowest BCUT2D eigenvalue weighted by Crippen LogP contribution is -3.14. The van der Waals surface area contributed by atoms with Gasteiger partial charge in [0.15, 0.2) is 12.7 Å². The van der Waals surface area contributed by atoms with Crippen molar-refractivity contribution < 1.29 is 19.5 Å². The first-order valence-electron chi connectivity index (χ1n) is 7.45. The first-order valence-corrected chi connectivity index (χ1v) is 7.86. The zero-order valence-electron chi connectivity index (χ0n) is 13.3. The molecule has 3 heterocycles. The largest absolute Gasteiger partial charge is 0.465 e. The number of rotatable bonds is 3. The summed E-state index contributed by atoms with van der Waals surface area (Å²) in [5.74, 6) is 0.221. The van der Waals surface area contributed by atoms with Gasteiger partial charge in [0, 0.05) is 17.8 Å². The van der Waals surface area contributed by atoms with E-state index in [-0.39, 0.29) is 5.97 Å². The zero-order chi connectivity index (χ0) is 16.7. The van der Waals surface area contributed by atoms with Gasteiger partial charge in [-0.2, -0.15) is 4.68 Å². The van der Waals surface area contributed by atoms with Crippen molar-refractivity contribution in [3.63, 3.8) is 0 Å². The maximum atomic E-state index is 11.9. The summed E-state index contributed by atoms with van der Waals surface area (Å²) in [4.78, 5) is 17.2. The molecule has 1 unspecified atom stereocenters. The number of ether oxygens (including phenoxy) is 1. The van der Waals surface area contributed by atoms with Crippen molar-refractivity contribution in [1.82, 2.24) is 19.2 Å². The van der Waals surface area contributed by atoms with Crippen molar-refractivity contribution in [3.8, 4) is 0 Å². The highest BCUT2D eigenvalue weighted by Crippen LogP contribution is 2.08. The Kier molecular flexibility index (Phi) is 4.17. The van der Waals surface area contributed by atoms with Gasteiger partial charge in [0.2, 0.25) is 4.77 Å². The molecule has 2 aromatic heterocycles. The lowest BCUT2D eigenvalue weighted by molar-refractivity contribution is -0.928. The molecule has 0 saturated carbocycles. The molecule has 0 aromatic carbocycles. The molecule has 0 aliphatic carbocycles. The fourth-order valence-corrected chi connectivity index (χ4v) is 3.51. The van der Waals surface area contributed by atoms with Crippen LogP contribution in [0.3, 0.4) is 0 Å². The quantitative estimate of drug-likeness (QED) is 0.553. The van der Waals surface area contributed by atoms with Gasteiger partial charge in [0.05, 0.1) is 7.11 Å². The van der Waals surface area contributed by atoms with Gasteiger partial charge in [0.1, 0.15) is 12.6 Å². The van der Waals surface area contributed by atoms with Gasteiger partial charge in [-0.05, 0) is 32.1 Å². The number of nitrogens with zero attached hydrogens (tertiary/aromatic N) is 4. The molecule has 9 heteroatoms. The number of aromatic nitrogens is 4. The van der Waals surface area contributed by atoms with E-state index in [0.717, 1.165) is 16.3 Å². The van der Waals surface area contributed by atoms with Crippen molar-refractivity contribution >= 4 is 24.0 Å². The predicted molar refractivity (Wildman–Crippen MR) is 83.5 cm³/mol. The van der Waals surface area contributed by atoms with Crippen LogP contribution in [0.1, 0.15) is 17.8 Å². The summed E-state index contributed by atoms with van der Waals surface area (Å²) < 4.78 is 8.83. The second-order valence-electron chi connectivity index (χ2n) is 5.94. The SMILES string of the molecule is COC(=O)[C@@H]1C[C@H](O)C[NH+]1Cn1nc2nc(C)cc(C)n2c1=S. The van der Waals surface area contributed by atoms with E-state index in [4.69, 9.17) is 17.0 Å². The fraction of sp³-hybridized carbons (Fsp3) is 0.571. The highest BCUT2D eigenvalue weighted by molar-refractivity contribution is 7.71. The third-order valence-electron chi connectivity index (χ3n) is 4.21. The summed E-state index contributed by atoms with van der Waals surface area (Å²) >= 11 is 5.49. The van der Waals surface area contributed by atoms with Crippen LogP contribution in [-0.4, -0.2) is 56.0 Å². The Labute approximate surface area is 138 Å². The summed E-state index contributed by atoms with van der Waals surface area (Å²) in [5, 5.41) is 14.3. The highest BCUT2D eigenvalue weighted by Gasteiger charge is 2.41. The monoisotopic (exact) mass is 338 g/mol. The van der Waals surface area contributed by atoms with Gasteiger partial charge in [-0.1, -0.05) is 0 Å². The number of fused-ring (bicyclic) bond motifs is 1. The number of hydrogen-bond acceptors (Lipinski definition) is 6. The number of quaternary nitrogens is 1. The fourth-order valence-electron chi connectivity index (χ4n) is 3.18. The minimum absolute atomic E-state index is 0.322. The highest BCUT2D eigenvalue weighted by atomic mass is 32.1. The number of aliphatic hydroxyl groups is 1. The second kappa shape index (κ2) is 5.99. The smallest absolute Gasteiger partial charge is 0.364 e. The first-order chi connectivity index (χ1) is 10.9. The summed E-state index contributed by atoms with van der Waals surface area (Å²) in [6, 6.07) is 1.54. The van der Waals surface area contributed by atoms with Gasteiger partial charge in [-0.25, -0.2) is 9.78 Å². The molecule has 0 bridgehead atoms. The molecule has 124 valence electrons. The second-order valence-corrected chi connectivity index (χ2v) is 6.31. The van der Waals surface area contributed by atoms with Crippen LogP contribution in [-0.2, 0) is 16.2 Å². The van der Waals surface area contributed by atoms with E-state index in [1.54, 1.807) is 9.08 Å². The number of likely N-dealkylation sites (tertiary alicyclic amines) is 1. The van der Waals surface area contributed by atoms with Crippen molar-refractivity contribution in [2.24, 2.45) is 0 Å². The van der Waals surface area contributed by atoms with Crippen LogP contribution in [0.15, 0.2) is 6.07 Å². The van der Waals surface area contributed by atoms with Gasteiger partial charge in [-0.3, -0.25) is 4.40 Å². The van der Waals surface area contributed by atoms with Crippen molar-refractivity contribution in [1.29, 1.82) is 0 Å². The van der Waals surface area contributed by atoms with Crippen LogP contribution in [0, 0.1) is 18.6 Å². The molecule has 0 amide bonds. The Hall–Kier alpha value is -1.84. The summed E-state index contributed by atoms with van der Waals surface area (Å²) in [6.07, 6.45) is -0.138. The molecule has 3 rings (SSSR count). The standard InChI is InChI=1S/C14H19N5O3S/c1-8-4-9(2)19-13(15-8)16-18(14(19)23)7-17-6-10(20)5-11(17)12(21)22-3/h4,10-11,20H,5-7H2,1-3H3/p+1/t10-,11-/m0/s1. The van der Waals surface area contributed by atoms with E-state index in [2.05, 4.69) is 10.1 Å². The van der Waals surface area contributed by atoms with E-state index in [0.29, 0.717) is 30.2 Å². The molecule has 1 aliphatic rings. The lowest BCUT2D eigenvalue weighted by Gasteiger charge is -2.18. The number of carbonyl (C=O) groups excluding carboxylic acids is 1.